The number of benzene rings is 2. The first-order valence-electron chi connectivity index (χ1n) is 11.6. The van der Waals surface area contributed by atoms with Crippen molar-refractivity contribution in [3.63, 3.8) is 0 Å². The second-order valence-electron chi connectivity index (χ2n) is 7.84. The highest BCUT2D eigenvalue weighted by Gasteiger charge is 2.28. The van der Waals surface area contributed by atoms with Gasteiger partial charge in [0.25, 0.3) is 11.8 Å². The first-order chi connectivity index (χ1) is 18.7. The standard InChI is InChI=1S/C27H28N2O9S/c1-7-38-27(33)20-14(2)22(24(31)28-17-11-9-8-10-16(17)26(32)37-6)39-25(20)29-23(30)15-12-18(34-3)21(36-5)19(13-15)35-4/h8-13H,7H2,1-6H3,(H,28,31)(H,29,30). The molecule has 0 saturated heterocycles. The van der Waals surface area contributed by atoms with Gasteiger partial charge in [0.2, 0.25) is 5.75 Å². The summed E-state index contributed by atoms with van der Waals surface area (Å²) in [5, 5.41) is 5.49. The van der Waals surface area contributed by atoms with Gasteiger partial charge < -0.3 is 34.3 Å². The summed E-state index contributed by atoms with van der Waals surface area (Å²) in [7, 11) is 5.52. The number of esters is 2. The molecule has 0 fully saturated rings. The molecule has 0 spiro atoms. The summed E-state index contributed by atoms with van der Waals surface area (Å²) in [5.41, 5.74) is 0.871. The zero-order valence-electron chi connectivity index (χ0n) is 22.3. The Morgan fingerprint density at radius 1 is 0.846 bits per heavy atom. The first-order valence-corrected chi connectivity index (χ1v) is 12.4. The minimum Gasteiger partial charge on any atom is -0.493 e. The molecule has 2 aromatic carbocycles. The summed E-state index contributed by atoms with van der Waals surface area (Å²) in [6.45, 7) is 3.30. The fourth-order valence-corrected chi connectivity index (χ4v) is 4.80. The van der Waals surface area contributed by atoms with Gasteiger partial charge in [0, 0.05) is 5.56 Å². The van der Waals surface area contributed by atoms with Gasteiger partial charge in [0.1, 0.15) is 5.00 Å². The lowest BCUT2D eigenvalue weighted by atomic mass is 10.1. The number of carbonyl (C=O) groups is 4. The molecule has 0 bridgehead atoms. The molecule has 0 atom stereocenters. The predicted molar refractivity (Wildman–Crippen MR) is 145 cm³/mol. The lowest BCUT2D eigenvalue weighted by Gasteiger charge is -2.14. The molecule has 0 aliphatic heterocycles. The number of amides is 2. The van der Waals surface area contributed by atoms with Crippen LogP contribution in [0.2, 0.25) is 0 Å². The molecule has 2 N–H and O–H groups in total. The van der Waals surface area contributed by atoms with Crippen LogP contribution in [0.5, 0.6) is 17.2 Å². The van der Waals surface area contributed by atoms with E-state index < -0.39 is 23.8 Å². The fourth-order valence-electron chi connectivity index (χ4n) is 3.71. The van der Waals surface area contributed by atoms with Gasteiger partial charge in [-0.25, -0.2) is 9.59 Å². The van der Waals surface area contributed by atoms with E-state index in [2.05, 4.69) is 10.6 Å². The number of rotatable bonds is 10. The smallest absolute Gasteiger partial charge is 0.341 e. The van der Waals surface area contributed by atoms with E-state index in [1.807, 2.05) is 0 Å². The third-order valence-electron chi connectivity index (χ3n) is 5.57. The van der Waals surface area contributed by atoms with Gasteiger partial charge in [-0.1, -0.05) is 12.1 Å². The molecule has 1 heterocycles. The number of anilines is 2. The molecule has 11 nitrogen and oxygen atoms in total. The molecule has 2 amide bonds. The maximum atomic E-state index is 13.3. The molecule has 0 saturated carbocycles. The SMILES string of the molecule is CCOC(=O)c1c(NC(=O)c2cc(OC)c(OC)c(OC)c2)sc(C(=O)Nc2ccccc2C(=O)OC)c1C. The van der Waals surface area contributed by atoms with Crippen molar-refractivity contribution >= 4 is 45.8 Å². The fraction of sp³-hybridized carbons (Fsp3) is 0.259. The van der Waals surface area contributed by atoms with Crippen molar-refractivity contribution < 1.29 is 42.9 Å². The minimum atomic E-state index is -0.708. The number of thiophene rings is 1. The van der Waals surface area contributed by atoms with Gasteiger partial charge >= 0.3 is 11.9 Å². The van der Waals surface area contributed by atoms with Crippen molar-refractivity contribution in [3.8, 4) is 17.2 Å². The van der Waals surface area contributed by atoms with Crippen LogP contribution in [0.3, 0.4) is 0 Å². The molecular weight excluding hydrogens is 528 g/mol. The van der Waals surface area contributed by atoms with Crippen molar-refractivity contribution in [3.05, 3.63) is 63.5 Å². The number of carbonyl (C=O) groups excluding carboxylic acids is 4. The van der Waals surface area contributed by atoms with Crippen molar-refractivity contribution in [2.24, 2.45) is 0 Å². The van der Waals surface area contributed by atoms with Crippen LogP contribution in [0.1, 0.15) is 53.2 Å². The van der Waals surface area contributed by atoms with Crippen LogP contribution in [0.25, 0.3) is 0 Å². The van der Waals surface area contributed by atoms with E-state index >= 15 is 0 Å². The topological polar surface area (TPSA) is 138 Å². The lowest BCUT2D eigenvalue weighted by molar-refractivity contribution is 0.0526. The average molecular weight is 557 g/mol. The second kappa shape index (κ2) is 12.8. The van der Waals surface area contributed by atoms with Gasteiger partial charge in [-0.3, -0.25) is 9.59 Å². The van der Waals surface area contributed by atoms with E-state index in [1.165, 1.54) is 46.6 Å². The highest BCUT2D eigenvalue weighted by molar-refractivity contribution is 7.19. The van der Waals surface area contributed by atoms with E-state index in [4.69, 9.17) is 23.7 Å². The van der Waals surface area contributed by atoms with Gasteiger partial charge in [0.15, 0.2) is 11.5 Å². The molecule has 12 heteroatoms. The Morgan fingerprint density at radius 3 is 2.05 bits per heavy atom. The Bertz CT molecular complexity index is 1390. The van der Waals surface area contributed by atoms with Crippen molar-refractivity contribution in [2.75, 3.05) is 45.7 Å². The largest absolute Gasteiger partial charge is 0.493 e. The molecular formula is C27H28N2O9S. The molecule has 206 valence electrons. The number of nitrogens with one attached hydrogen (secondary N) is 2. The van der Waals surface area contributed by atoms with E-state index in [9.17, 15) is 19.2 Å². The Labute approximate surface area is 229 Å². The van der Waals surface area contributed by atoms with Crippen molar-refractivity contribution in [1.82, 2.24) is 0 Å². The van der Waals surface area contributed by atoms with Gasteiger partial charge in [0.05, 0.1) is 56.7 Å². The Balaban J connectivity index is 2.01. The number of hydrogen-bond acceptors (Lipinski definition) is 10. The predicted octanol–water partition coefficient (Wildman–Crippen LogP) is 4.55. The van der Waals surface area contributed by atoms with Crippen LogP contribution in [0, 0.1) is 6.92 Å². The quantitative estimate of drug-likeness (QED) is 0.344. The third kappa shape index (κ3) is 6.12. The van der Waals surface area contributed by atoms with Crippen molar-refractivity contribution in [2.45, 2.75) is 13.8 Å². The number of hydrogen-bond donors (Lipinski definition) is 2. The Morgan fingerprint density at radius 2 is 1.49 bits per heavy atom. The maximum Gasteiger partial charge on any atom is 0.341 e. The van der Waals surface area contributed by atoms with E-state index in [0.29, 0.717) is 11.3 Å². The second-order valence-corrected chi connectivity index (χ2v) is 8.86. The highest BCUT2D eigenvalue weighted by Crippen LogP contribution is 2.39. The number of ether oxygens (including phenoxy) is 5. The van der Waals surface area contributed by atoms with Crippen LogP contribution < -0.4 is 24.8 Å². The molecule has 0 radical (unpaired) electrons. The summed E-state index contributed by atoms with van der Waals surface area (Å²) in [4.78, 5) is 51.6. The molecule has 0 unspecified atom stereocenters. The molecule has 1 aromatic heterocycles. The maximum absolute atomic E-state index is 13.3. The Kier molecular flexibility index (Phi) is 9.50. The van der Waals surface area contributed by atoms with E-state index in [1.54, 1.807) is 32.0 Å². The number of para-hydroxylation sites is 1. The van der Waals surface area contributed by atoms with Crippen LogP contribution in [0.15, 0.2) is 36.4 Å². The summed E-state index contributed by atoms with van der Waals surface area (Å²) in [5.74, 6) is -1.68. The summed E-state index contributed by atoms with van der Waals surface area (Å²) in [6.07, 6.45) is 0. The minimum absolute atomic E-state index is 0.0362. The number of methoxy groups -OCH3 is 4. The van der Waals surface area contributed by atoms with Crippen LogP contribution in [-0.2, 0) is 9.47 Å². The molecule has 39 heavy (non-hydrogen) atoms. The van der Waals surface area contributed by atoms with Crippen molar-refractivity contribution in [1.29, 1.82) is 0 Å². The summed E-state index contributed by atoms with van der Waals surface area (Å²) < 4.78 is 25.9. The molecule has 0 aliphatic rings. The van der Waals surface area contributed by atoms with Gasteiger partial charge in [-0.05, 0) is 43.7 Å². The highest BCUT2D eigenvalue weighted by atomic mass is 32.1. The lowest BCUT2D eigenvalue weighted by Crippen LogP contribution is -2.16. The first kappa shape index (κ1) is 29.0. The molecule has 3 aromatic rings. The van der Waals surface area contributed by atoms with Gasteiger partial charge in [-0.15, -0.1) is 11.3 Å². The van der Waals surface area contributed by atoms with Gasteiger partial charge in [-0.2, -0.15) is 0 Å². The zero-order chi connectivity index (χ0) is 28.7. The van der Waals surface area contributed by atoms with Crippen LogP contribution in [-0.4, -0.2) is 58.8 Å². The average Bonchev–Trinajstić information content (AvgIpc) is 3.27. The Hall–Kier alpha value is -4.58. The summed E-state index contributed by atoms with van der Waals surface area (Å²) >= 11 is 0.890. The van der Waals surface area contributed by atoms with E-state index in [-0.39, 0.29) is 50.4 Å². The van der Waals surface area contributed by atoms with Crippen LogP contribution in [0.4, 0.5) is 10.7 Å². The van der Waals surface area contributed by atoms with E-state index in [0.717, 1.165) is 11.3 Å². The monoisotopic (exact) mass is 556 g/mol. The molecule has 3 rings (SSSR count). The van der Waals surface area contributed by atoms with Crippen LogP contribution >= 0.6 is 11.3 Å². The molecule has 0 aliphatic carbocycles. The zero-order valence-corrected chi connectivity index (χ0v) is 23.1. The normalized spacial score (nSPS) is 10.3. The third-order valence-corrected chi connectivity index (χ3v) is 6.77. The summed E-state index contributed by atoms with van der Waals surface area (Å²) in [6, 6.07) is 9.25.